The van der Waals surface area contributed by atoms with Crippen LogP contribution in [0.25, 0.3) is 0 Å². The Morgan fingerprint density at radius 2 is 1.94 bits per heavy atom. The van der Waals surface area contributed by atoms with Crippen LogP contribution >= 0.6 is 11.6 Å². The van der Waals surface area contributed by atoms with Gasteiger partial charge in [0.2, 0.25) is 0 Å². The van der Waals surface area contributed by atoms with Crippen molar-refractivity contribution in [3.63, 3.8) is 0 Å². The Bertz CT molecular complexity index is 1040. The molecule has 0 radical (unpaired) electrons. The maximum Gasteiger partial charge on any atom is 0.338 e. The van der Waals surface area contributed by atoms with Gasteiger partial charge in [-0.15, -0.1) is 0 Å². The summed E-state index contributed by atoms with van der Waals surface area (Å²) in [6.45, 7) is 2.90. The number of amides is 1. The Hall–Kier alpha value is -2.84. The van der Waals surface area contributed by atoms with Crippen LogP contribution in [0.2, 0.25) is 5.02 Å². The zero-order chi connectivity index (χ0) is 25.3. The van der Waals surface area contributed by atoms with E-state index in [4.69, 9.17) is 21.2 Å². The molecule has 2 aliphatic heterocycles. The molecule has 2 N–H and O–H groups in total. The van der Waals surface area contributed by atoms with E-state index in [0.717, 1.165) is 50.8 Å². The number of aromatic hydroxyl groups is 1. The largest absolute Gasteiger partial charge is 0.506 e. The molecule has 1 amide bonds. The van der Waals surface area contributed by atoms with E-state index in [1.807, 2.05) is 18.2 Å². The number of ether oxygens (including phenoxy) is 1. The first-order chi connectivity index (χ1) is 17.5. The Morgan fingerprint density at radius 3 is 2.69 bits per heavy atom. The average Bonchev–Trinajstić information content (AvgIpc) is 2.84. The monoisotopic (exact) mass is 515 g/mol. The Kier molecular flexibility index (Phi) is 9.41. The quantitative estimate of drug-likeness (QED) is 0.355. The number of allylic oxidation sites excluding steroid dienone is 3. The van der Waals surface area contributed by atoms with Crippen LogP contribution in [0.4, 0.5) is 0 Å². The van der Waals surface area contributed by atoms with Crippen molar-refractivity contribution in [2.75, 3.05) is 39.4 Å². The summed E-state index contributed by atoms with van der Waals surface area (Å²) in [6.07, 6.45) is 13.3. The number of carbonyl (C=O) groups excluding carboxylic acids is 2. The zero-order valence-electron chi connectivity index (χ0n) is 20.5. The fourth-order valence-corrected chi connectivity index (χ4v) is 4.80. The first-order valence-electron chi connectivity index (χ1n) is 12.7. The Morgan fingerprint density at radius 1 is 1.19 bits per heavy atom. The van der Waals surface area contributed by atoms with E-state index >= 15 is 0 Å². The number of hydrogen-bond acceptors (Lipinski definition) is 7. The number of fused-ring (bicyclic) bond motifs is 1. The highest BCUT2D eigenvalue weighted by Gasteiger charge is 2.30. The molecular weight excluding hydrogens is 482 g/mol. The number of oxime groups is 1. The number of esters is 1. The van der Waals surface area contributed by atoms with E-state index in [0.29, 0.717) is 36.3 Å². The van der Waals surface area contributed by atoms with Crippen LogP contribution in [0, 0.1) is 0 Å². The van der Waals surface area contributed by atoms with Gasteiger partial charge in [0.25, 0.3) is 5.91 Å². The molecule has 1 aliphatic carbocycles. The van der Waals surface area contributed by atoms with Gasteiger partial charge in [0.05, 0.1) is 22.9 Å². The molecule has 0 bridgehead atoms. The third kappa shape index (κ3) is 6.68. The van der Waals surface area contributed by atoms with Crippen molar-refractivity contribution in [3.8, 4) is 5.75 Å². The number of carbonyl (C=O) groups is 2. The molecule has 4 rings (SSSR count). The molecule has 0 aromatic heterocycles. The molecule has 1 saturated heterocycles. The maximum atomic E-state index is 13.3. The summed E-state index contributed by atoms with van der Waals surface area (Å²) in [6, 6.07) is 1.60. The third-order valence-corrected chi connectivity index (χ3v) is 7.24. The second kappa shape index (κ2) is 12.9. The summed E-state index contributed by atoms with van der Waals surface area (Å²) >= 11 is 6.56. The molecule has 194 valence electrons. The molecule has 0 spiro atoms. The minimum Gasteiger partial charge on any atom is -0.506 e. The molecule has 1 aromatic carbocycles. The van der Waals surface area contributed by atoms with Gasteiger partial charge in [0, 0.05) is 32.6 Å². The van der Waals surface area contributed by atoms with Crippen molar-refractivity contribution in [1.82, 2.24) is 10.2 Å². The molecule has 3 aliphatic rings. The lowest BCUT2D eigenvalue weighted by Gasteiger charge is -2.29. The summed E-state index contributed by atoms with van der Waals surface area (Å²) in [7, 11) is 0. The summed E-state index contributed by atoms with van der Waals surface area (Å²) in [5, 5.41) is 18.2. The van der Waals surface area contributed by atoms with Crippen molar-refractivity contribution in [3.05, 3.63) is 52.1 Å². The summed E-state index contributed by atoms with van der Waals surface area (Å²) in [5.41, 5.74) is 2.15. The Balaban J connectivity index is 1.63. The van der Waals surface area contributed by atoms with Gasteiger partial charge >= 0.3 is 5.97 Å². The zero-order valence-corrected chi connectivity index (χ0v) is 21.3. The average molecular weight is 516 g/mol. The number of halogens is 1. The highest BCUT2D eigenvalue weighted by atomic mass is 35.5. The van der Waals surface area contributed by atoms with E-state index in [9.17, 15) is 14.7 Å². The number of cyclic esters (lactones) is 1. The van der Waals surface area contributed by atoms with Gasteiger partial charge in [-0.25, -0.2) is 4.79 Å². The number of rotatable bonds is 4. The molecule has 8 nitrogen and oxygen atoms in total. The van der Waals surface area contributed by atoms with E-state index in [2.05, 4.69) is 16.5 Å². The molecule has 1 saturated carbocycles. The van der Waals surface area contributed by atoms with Crippen molar-refractivity contribution in [2.24, 2.45) is 5.16 Å². The number of phenols is 1. The molecule has 0 unspecified atom stereocenters. The van der Waals surface area contributed by atoms with Gasteiger partial charge in [-0.05, 0) is 61.3 Å². The first kappa shape index (κ1) is 26.2. The third-order valence-electron chi connectivity index (χ3n) is 6.81. The van der Waals surface area contributed by atoms with Crippen LogP contribution in [0.1, 0.15) is 65.9 Å². The van der Waals surface area contributed by atoms with Crippen LogP contribution in [0.5, 0.6) is 5.75 Å². The summed E-state index contributed by atoms with van der Waals surface area (Å²) < 4.78 is 5.61. The molecule has 36 heavy (non-hydrogen) atoms. The van der Waals surface area contributed by atoms with E-state index in [1.54, 1.807) is 11.0 Å². The molecular formula is C27H34ClN3O5. The number of piperazine rings is 1. The minimum absolute atomic E-state index is 0.0627. The molecule has 2 fully saturated rings. The second-order valence-electron chi connectivity index (χ2n) is 9.32. The Labute approximate surface area is 217 Å². The number of benzene rings is 1. The van der Waals surface area contributed by atoms with Crippen LogP contribution in [-0.4, -0.2) is 67.0 Å². The molecule has 2 heterocycles. The van der Waals surface area contributed by atoms with Crippen molar-refractivity contribution < 1.29 is 24.3 Å². The predicted octanol–water partition coefficient (Wildman–Crippen LogP) is 4.11. The molecule has 9 heteroatoms. The minimum atomic E-state index is -0.447. The van der Waals surface area contributed by atoms with Crippen LogP contribution < -0.4 is 5.32 Å². The van der Waals surface area contributed by atoms with E-state index < -0.39 is 5.97 Å². The molecule has 0 atom stereocenters. The van der Waals surface area contributed by atoms with Crippen LogP contribution in [0.15, 0.2) is 35.5 Å². The van der Waals surface area contributed by atoms with Gasteiger partial charge in [-0.1, -0.05) is 41.4 Å². The number of nitrogens with zero attached hydrogens (tertiary/aromatic N) is 2. The number of nitrogens with one attached hydrogen (secondary N) is 1. The topological polar surface area (TPSA) is 100 Å². The van der Waals surface area contributed by atoms with Gasteiger partial charge in [0.15, 0.2) is 6.61 Å². The predicted molar refractivity (Wildman–Crippen MR) is 139 cm³/mol. The second-order valence-corrected chi connectivity index (χ2v) is 9.70. The summed E-state index contributed by atoms with van der Waals surface area (Å²) in [5.74, 6) is -0.454. The molecule has 1 aromatic rings. The van der Waals surface area contributed by atoms with Crippen LogP contribution in [-0.2, 0) is 20.8 Å². The highest BCUT2D eigenvalue weighted by Crippen LogP contribution is 2.43. The normalized spacial score (nSPS) is 22.6. The van der Waals surface area contributed by atoms with E-state index in [-0.39, 0.29) is 42.2 Å². The highest BCUT2D eigenvalue weighted by molar-refractivity contribution is 6.33. The van der Waals surface area contributed by atoms with Gasteiger partial charge in [-0.3, -0.25) is 4.79 Å². The fraction of sp³-hybridized carbons (Fsp3) is 0.519. The summed E-state index contributed by atoms with van der Waals surface area (Å²) in [4.78, 5) is 33.0. The standard InChI is InChI=1S/C27H34ClN3O5/c28-26-22-16-20(30-36-18-24(33)31-13-11-29-12-14-31)10-5-3-1-2-4-6-15-35-27(34)25(22)21(17-23(26)32)19-8-7-9-19/h2,4-5,10,17,19,29,32H,1,3,6-9,11-16,18H2/b4-2+,10-5+,30-20-. The van der Waals surface area contributed by atoms with Gasteiger partial charge < -0.3 is 24.9 Å². The van der Waals surface area contributed by atoms with Gasteiger partial charge in [0.1, 0.15) is 5.75 Å². The van der Waals surface area contributed by atoms with Crippen molar-refractivity contribution in [1.29, 1.82) is 0 Å². The SMILES string of the molecule is O=C1OCC/C=C/CC/C=C/C(=N/OCC(=O)N2CCNCC2)Cc2c(Cl)c(O)cc(C3CCC3)c21. The smallest absolute Gasteiger partial charge is 0.338 e. The number of phenolic OH excluding ortho intramolecular Hbond substituents is 1. The lowest BCUT2D eigenvalue weighted by Crippen LogP contribution is -2.47. The van der Waals surface area contributed by atoms with Gasteiger partial charge in [-0.2, -0.15) is 0 Å². The van der Waals surface area contributed by atoms with Crippen molar-refractivity contribution in [2.45, 2.75) is 50.9 Å². The lowest BCUT2D eigenvalue weighted by atomic mass is 9.76. The van der Waals surface area contributed by atoms with E-state index in [1.165, 1.54) is 0 Å². The number of hydrogen-bond donors (Lipinski definition) is 2. The maximum absolute atomic E-state index is 13.3. The van der Waals surface area contributed by atoms with Crippen molar-refractivity contribution >= 4 is 29.2 Å². The lowest BCUT2D eigenvalue weighted by molar-refractivity contribution is -0.136. The first-order valence-corrected chi connectivity index (χ1v) is 13.1. The van der Waals surface area contributed by atoms with Crippen LogP contribution in [0.3, 0.4) is 0 Å². The fourth-order valence-electron chi connectivity index (χ4n) is 4.59.